The van der Waals surface area contributed by atoms with Gasteiger partial charge in [0.05, 0.1) is 5.56 Å². The molecule has 1 saturated carbocycles. The molecular weight excluding hydrogens is 338 g/mol. The van der Waals surface area contributed by atoms with E-state index < -0.39 is 5.97 Å². The molecule has 1 atom stereocenters. The molecule has 4 rings (SSSR count). The van der Waals surface area contributed by atoms with Crippen LogP contribution in [0.4, 0.5) is 0 Å². The van der Waals surface area contributed by atoms with E-state index >= 15 is 0 Å². The summed E-state index contributed by atoms with van der Waals surface area (Å²) >= 11 is 0. The van der Waals surface area contributed by atoms with Crippen molar-refractivity contribution in [2.24, 2.45) is 5.92 Å². The number of imidazole rings is 1. The van der Waals surface area contributed by atoms with Crippen LogP contribution in [0.15, 0.2) is 30.5 Å². The van der Waals surface area contributed by atoms with Crippen molar-refractivity contribution in [2.45, 2.75) is 57.4 Å². The Kier molecular flexibility index (Phi) is 5.58. The predicted molar refractivity (Wildman–Crippen MR) is 105 cm³/mol. The minimum absolute atomic E-state index is 0.360. The smallest absolute Gasteiger partial charge is 0.335 e. The van der Waals surface area contributed by atoms with Gasteiger partial charge in [-0.2, -0.15) is 0 Å². The second kappa shape index (κ2) is 8.26. The summed E-state index contributed by atoms with van der Waals surface area (Å²) < 4.78 is 0. The molecule has 1 saturated heterocycles. The van der Waals surface area contributed by atoms with Crippen LogP contribution in [0.3, 0.4) is 0 Å². The molecule has 144 valence electrons. The molecule has 5 heteroatoms. The molecule has 2 N–H and O–H groups in total. The fourth-order valence-electron chi connectivity index (χ4n) is 4.69. The maximum Gasteiger partial charge on any atom is 0.335 e. The zero-order chi connectivity index (χ0) is 18.6. The first-order valence-electron chi connectivity index (χ1n) is 10.3. The number of aromatic carboxylic acids is 1. The van der Waals surface area contributed by atoms with E-state index in [0.29, 0.717) is 11.5 Å². The molecule has 5 nitrogen and oxygen atoms in total. The second-order valence-electron chi connectivity index (χ2n) is 8.21. The van der Waals surface area contributed by atoms with Gasteiger partial charge in [0.1, 0.15) is 5.82 Å². The fraction of sp³-hybridized carbons (Fsp3) is 0.545. The standard InChI is InChI=1S/C22H29N3O2/c26-22(27)18-9-7-17(8-10-18)19-6-3-11-25(14-19)15-20-13-23-21(24-20)12-16-4-1-2-5-16/h7-10,13,16,19H,1-6,11-12,14-15H2,(H,23,24)(H,26,27). The van der Waals surface area contributed by atoms with Crippen LogP contribution in [-0.2, 0) is 13.0 Å². The van der Waals surface area contributed by atoms with Crippen LogP contribution in [-0.4, -0.2) is 39.0 Å². The molecule has 2 aliphatic rings. The Hall–Kier alpha value is -2.14. The van der Waals surface area contributed by atoms with Crippen LogP contribution in [0.1, 0.15) is 71.9 Å². The number of benzene rings is 1. The third-order valence-corrected chi connectivity index (χ3v) is 6.17. The van der Waals surface area contributed by atoms with Crippen molar-refractivity contribution in [1.82, 2.24) is 14.9 Å². The first-order chi connectivity index (χ1) is 13.2. The molecule has 1 aromatic heterocycles. The van der Waals surface area contributed by atoms with E-state index in [1.807, 2.05) is 18.3 Å². The van der Waals surface area contributed by atoms with Crippen LogP contribution < -0.4 is 0 Å². The van der Waals surface area contributed by atoms with Gasteiger partial charge in [-0.25, -0.2) is 9.78 Å². The van der Waals surface area contributed by atoms with E-state index in [0.717, 1.165) is 37.8 Å². The van der Waals surface area contributed by atoms with E-state index in [-0.39, 0.29) is 0 Å². The SMILES string of the molecule is O=C(O)c1ccc(C2CCCN(Cc3cnc(CC4CCCC4)[nH]3)C2)cc1. The number of carbonyl (C=O) groups is 1. The molecular formula is C22H29N3O2. The number of hydrogen-bond acceptors (Lipinski definition) is 3. The monoisotopic (exact) mass is 367 g/mol. The largest absolute Gasteiger partial charge is 0.478 e. The normalized spacial score (nSPS) is 21.6. The molecule has 1 unspecified atom stereocenters. The quantitative estimate of drug-likeness (QED) is 0.802. The van der Waals surface area contributed by atoms with Gasteiger partial charge < -0.3 is 10.1 Å². The Morgan fingerprint density at radius 2 is 1.93 bits per heavy atom. The summed E-state index contributed by atoms with van der Waals surface area (Å²) in [7, 11) is 0. The van der Waals surface area contributed by atoms with Crippen molar-refractivity contribution in [3.63, 3.8) is 0 Å². The second-order valence-corrected chi connectivity index (χ2v) is 8.21. The first kappa shape index (κ1) is 18.2. The Morgan fingerprint density at radius 1 is 1.15 bits per heavy atom. The third kappa shape index (κ3) is 4.59. The van der Waals surface area contributed by atoms with Crippen molar-refractivity contribution >= 4 is 5.97 Å². The van der Waals surface area contributed by atoms with Gasteiger partial charge in [0, 0.05) is 31.4 Å². The van der Waals surface area contributed by atoms with E-state index in [9.17, 15) is 4.79 Å². The summed E-state index contributed by atoms with van der Waals surface area (Å²) in [5, 5.41) is 9.07. The maximum absolute atomic E-state index is 11.0. The summed E-state index contributed by atoms with van der Waals surface area (Å²) in [5.74, 6) is 1.58. The molecule has 0 amide bonds. The van der Waals surface area contributed by atoms with Crippen LogP contribution >= 0.6 is 0 Å². The Labute approximate surface area is 160 Å². The number of aromatic amines is 1. The molecule has 2 aromatic rings. The highest BCUT2D eigenvalue weighted by Gasteiger charge is 2.22. The number of H-pyrrole nitrogens is 1. The first-order valence-corrected chi connectivity index (χ1v) is 10.3. The van der Waals surface area contributed by atoms with Gasteiger partial charge in [-0.3, -0.25) is 4.90 Å². The molecule has 2 heterocycles. The number of piperidine rings is 1. The topological polar surface area (TPSA) is 69.2 Å². The van der Waals surface area contributed by atoms with Gasteiger partial charge in [-0.05, 0) is 48.9 Å². The third-order valence-electron chi connectivity index (χ3n) is 6.17. The average molecular weight is 367 g/mol. The number of likely N-dealkylation sites (tertiary alicyclic amines) is 1. The summed E-state index contributed by atoms with van der Waals surface area (Å²) in [6.07, 6.45) is 10.9. The molecule has 2 fully saturated rings. The highest BCUT2D eigenvalue weighted by molar-refractivity contribution is 5.87. The van der Waals surface area contributed by atoms with Gasteiger partial charge in [0.2, 0.25) is 0 Å². The Morgan fingerprint density at radius 3 is 2.67 bits per heavy atom. The van der Waals surface area contributed by atoms with Crippen molar-refractivity contribution < 1.29 is 9.90 Å². The van der Waals surface area contributed by atoms with E-state index in [2.05, 4.69) is 14.9 Å². The molecule has 0 bridgehead atoms. The van der Waals surface area contributed by atoms with E-state index in [4.69, 9.17) is 5.11 Å². The van der Waals surface area contributed by atoms with Crippen molar-refractivity contribution in [3.05, 3.63) is 53.1 Å². The Bertz CT molecular complexity index is 762. The highest BCUT2D eigenvalue weighted by Crippen LogP contribution is 2.29. The number of nitrogens with one attached hydrogen (secondary N) is 1. The van der Waals surface area contributed by atoms with Crippen molar-refractivity contribution in [1.29, 1.82) is 0 Å². The molecule has 27 heavy (non-hydrogen) atoms. The lowest BCUT2D eigenvalue weighted by Crippen LogP contribution is -2.34. The number of carboxylic acids is 1. The summed E-state index contributed by atoms with van der Waals surface area (Å²) in [4.78, 5) is 21.7. The zero-order valence-corrected chi connectivity index (χ0v) is 15.9. The van der Waals surface area contributed by atoms with Crippen LogP contribution in [0.5, 0.6) is 0 Å². The molecule has 1 aliphatic carbocycles. The summed E-state index contributed by atoms with van der Waals surface area (Å²) in [6.45, 7) is 3.05. The number of carboxylic acid groups (broad SMARTS) is 1. The summed E-state index contributed by atoms with van der Waals surface area (Å²) in [5.41, 5.74) is 2.82. The highest BCUT2D eigenvalue weighted by atomic mass is 16.4. The van der Waals surface area contributed by atoms with Crippen molar-refractivity contribution in [2.75, 3.05) is 13.1 Å². The van der Waals surface area contributed by atoms with Crippen LogP contribution in [0.2, 0.25) is 0 Å². The predicted octanol–water partition coefficient (Wildman–Crippen LogP) is 4.22. The number of hydrogen-bond donors (Lipinski definition) is 2. The van der Waals surface area contributed by atoms with E-state index in [1.54, 1.807) is 12.1 Å². The van der Waals surface area contributed by atoms with Gasteiger partial charge in [0.15, 0.2) is 0 Å². The lowest BCUT2D eigenvalue weighted by molar-refractivity contribution is 0.0697. The van der Waals surface area contributed by atoms with Gasteiger partial charge in [-0.15, -0.1) is 0 Å². The van der Waals surface area contributed by atoms with Gasteiger partial charge in [0.25, 0.3) is 0 Å². The van der Waals surface area contributed by atoms with E-state index in [1.165, 1.54) is 49.8 Å². The number of aromatic nitrogens is 2. The molecule has 0 radical (unpaired) electrons. The van der Waals surface area contributed by atoms with Crippen LogP contribution in [0.25, 0.3) is 0 Å². The average Bonchev–Trinajstić information content (AvgIpc) is 3.35. The van der Waals surface area contributed by atoms with Gasteiger partial charge >= 0.3 is 5.97 Å². The van der Waals surface area contributed by atoms with Crippen LogP contribution in [0, 0.1) is 5.92 Å². The molecule has 1 aliphatic heterocycles. The Balaban J connectivity index is 1.34. The fourth-order valence-corrected chi connectivity index (χ4v) is 4.69. The lowest BCUT2D eigenvalue weighted by atomic mass is 9.90. The number of rotatable bonds is 6. The summed E-state index contributed by atoms with van der Waals surface area (Å²) in [6, 6.07) is 7.41. The molecule has 1 aromatic carbocycles. The lowest BCUT2D eigenvalue weighted by Gasteiger charge is -2.32. The zero-order valence-electron chi connectivity index (χ0n) is 15.9. The maximum atomic E-state index is 11.0. The minimum Gasteiger partial charge on any atom is -0.478 e. The van der Waals surface area contributed by atoms with Gasteiger partial charge in [-0.1, -0.05) is 37.8 Å². The minimum atomic E-state index is -0.862. The number of nitrogens with zero attached hydrogens (tertiary/aromatic N) is 2. The molecule has 0 spiro atoms. The van der Waals surface area contributed by atoms with Crippen molar-refractivity contribution in [3.8, 4) is 0 Å².